The number of rotatable bonds is 3. The molecule has 17 heavy (non-hydrogen) atoms. The summed E-state index contributed by atoms with van der Waals surface area (Å²) in [5.41, 5.74) is 1.98. The number of carbonyl (C=O) groups is 1. The van der Waals surface area contributed by atoms with Crippen LogP contribution in [0, 0.1) is 0 Å². The smallest absolute Gasteiger partial charge is 0.150 e. The number of benzene rings is 1. The molecule has 0 N–H and O–H groups in total. The van der Waals surface area contributed by atoms with Crippen molar-refractivity contribution in [1.82, 2.24) is 4.90 Å². The lowest BCUT2D eigenvalue weighted by molar-refractivity contribution is -0.0704. The Hall–Kier alpha value is -1.19. The van der Waals surface area contributed by atoms with Crippen LogP contribution in [0.4, 0.5) is 0 Å². The summed E-state index contributed by atoms with van der Waals surface area (Å²) in [5.74, 6) is 0. The molecular weight excluding hydrogens is 214 g/mol. The lowest BCUT2D eigenvalue weighted by Gasteiger charge is -2.35. The summed E-state index contributed by atoms with van der Waals surface area (Å²) in [6, 6.07) is 7.79. The van der Waals surface area contributed by atoms with Gasteiger partial charge in [0.25, 0.3) is 0 Å². The SMILES string of the molecule is CC1CN(Cc2ccc(C=O)cc2)CC(C)O1. The number of aldehydes is 1. The van der Waals surface area contributed by atoms with Gasteiger partial charge in [0.15, 0.2) is 0 Å². The van der Waals surface area contributed by atoms with Crippen molar-refractivity contribution in [1.29, 1.82) is 0 Å². The summed E-state index contributed by atoms with van der Waals surface area (Å²) in [6.07, 6.45) is 1.48. The lowest BCUT2D eigenvalue weighted by Crippen LogP contribution is -2.44. The molecule has 1 aliphatic heterocycles. The molecule has 1 aromatic carbocycles. The zero-order valence-corrected chi connectivity index (χ0v) is 10.4. The molecule has 0 radical (unpaired) electrons. The summed E-state index contributed by atoms with van der Waals surface area (Å²) in [6.45, 7) is 7.09. The van der Waals surface area contributed by atoms with Crippen molar-refractivity contribution < 1.29 is 9.53 Å². The Bertz CT molecular complexity index is 364. The van der Waals surface area contributed by atoms with Crippen molar-refractivity contribution in [2.24, 2.45) is 0 Å². The molecule has 1 aliphatic rings. The maximum absolute atomic E-state index is 10.6. The quantitative estimate of drug-likeness (QED) is 0.749. The third kappa shape index (κ3) is 3.38. The van der Waals surface area contributed by atoms with E-state index in [9.17, 15) is 4.79 Å². The normalized spacial score (nSPS) is 25.8. The number of ether oxygens (including phenoxy) is 1. The second-order valence-electron chi connectivity index (χ2n) is 4.81. The second kappa shape index (κ2) is 5.43. The first-order chi connectivity index (χ1) is 8.17. The van der Waals surface area contributed by atoms with Crippen molar-refractivity contribution in [3.8, 4) is 0 Å². The highest BCUT2D eigenvalue weighted by Gasteiger charge is 2.21. The molecule has 1 fully saturated rings. The lowest BCUT2D eigenvalue weighted by atomic mass is 10.1. The molecule has 0 spiro atoms. The number of hydrogen-bond acceptors (Lipinski definition) is 3. The first kappa shape index (κ1) is 12.3. The van der Waals surface area contributed by atoms with Crippen LogP contribution in [0.3, 0.4) is 0 Å². The molecule has 1 heterocycles. The minimum Gasteiger partial charge on any atom is -0.373 e. The predicted octanol–water partition coefficient (Wildman–Crippen LogP) is 2.11. The minimum absolute atomic E-state index is 0.299. The highest BCUT2D eigenvalue weighted by molar-refractivity contribution is 5.74. The molecular formula is C14H19NO2. The van der Waals surface area contributed by atoms with Gasteiger partial charge in [-0.1, -0.05) is 24.3 Å². The average Bonchev–Trinajstić information content (AvgIpc) is 2.28. The molecule has 0 amide bonds. The van der Waals surface area contributed by atoms with Crippen molar-refractivity contribution in [3.05, 3.63) is 35.4 Å². The molecule has 3 nitrogen and oxygen atoms in total. The van der Waals surface area contributed by atoms with Crippen LogP contribution in [0.25, 0.3) is 0 Å². The third-order valence-corrected chi connectivity index (χ3v) is 3.02. The minimum atomic E-state index is 0.299. The van der Waals surface area contributed by atoms with Crippen LogP contribution in [0.2, 0.25) is 0 Å². The van der Waals surface area contributed by atoms with Crippen LogP contribution in [0.1, 0.15) is 29.8 Å². The summed E-state index contributed by atoms with van der Waals surface area (Å²) >= 11 is 0. The Kier molecular flexibility index (Phi) is 3.92. The molecule has 0 aliphatic carbocycles. The Balaban J connectivity index is 1.97. The summed E-state index contributed by atoms with van der Waals surface area (Å²) in [7, 11) is 0. The van der Waals surface area contributed by atoms with Gasteiger partial charge >= 0.3 is 0 Å². The van der Waals surface area contributed by atoms with Crippen LogP contribution in [0.15, 0.2) is 24.3 Å². The topological polar surface area (TPSA) is 29.5 Å². The fourth-order valence-electron chi connectivity index (χ4n) is 2.37. The van der Waals surface area contributed by atoms with Crippen molar-refractivity contribution in [2.75, 3.05) is 13.1 Å². The monoisotopic (exact) mass is 233 g/mol. The fraction of sp³-hybridized carbons (Fsp3) is 0.500. The molecule has 0 bridgehead atoms. The number of morpholine rings is 1. The van der Waals surface area contributed by atoms with Crippen LogP contribution in [0.5, 0.6) is 0 Å². The van der Waals surface area contributed by atoms with Gasteiger partial charge in [0.05, 0.1) is 12.2 Å². The first-order valence-electron chi connectivity index (χ1n) is 6.09. The first-order valence-corrected chi connectivity index (χ1v) is 6.09. The van der Waals surface area contributed by atoms with E-state index in [4.69, 9.17) is 4.74 Å². The maximum atomic E-state index is 10.6. The van der Waals surface area contributed by atoms with Gasteiger partial charge in [-0.25, -0.2) is 0 Å². The summed E-state index contributed by atoms with van der Waals surface area (Å²) in [4.78, 5) is 13.0. The third-order valence-electron chi connectivity index (χ3n) is 3.02. The molecule has 2 rings (SSSR count). The van der Waals surface area contributed by atoms with E-state index in [1.807, 2.05) is 24.3 Å². The Labute approximate surface area is 102 Å². The van der Waals surface area contributed by atoms with Crippen molar-refractivity contribution in [3.63, 3.8) is 0 Å². The zero-order valence-electron chi connectivity index (χ0n) is 10.4. The van der Waals surface area contributed by atoms with E-state index in [0.29, 0.717) is 12.2 Å². The van der Waals surface area contributed by atoms with Gasteiger partial charge in [-0.3, -0.25) is 9.69 Å². The van der Waals surface area contributed by atoms with Gasteiger partial charge in [-0.05, 0) is 19.4 Å². The van der Waals surface area contributed by atoms with Gasteiger partial charge in [-0.15, -0.1) is 0 Å². The molecule has 1 saturated heterocycles. The number of nitrogens with zero attached hydrogens (tertiary/aromatic N) is 1. The van der Waals surface area contributed by atoms with Crippen LogP contribution < -0.4 is 0 Å². The van der Waals surface area contributed by atoms with E-state index in [2.05, 4.69) is 18.7 Å². The zero-order chi connectivity index (χ0) is 12.3. The van der Waals surface area contributed by atoms with Gasteiger partial charge in [0, 0.05) is 25.2 Å². The van der Waals surface area contributed by atoms with Crippen LogP contribution in [-0.4, -0.2) is 36.5 Å². The predicted molar refractivity (Wildman–Crippen MR) is 67.1 cm³/mol. The Morgan fingerprint density at radius 3 is 2.35 bits per heavy atom. The van der Waals surface area contributed by atoms with Crippen molar-refractivity contribution >= 4 is 6.29 Å². The second-order valence-corrected chi connectivity index (χ2v) is 4.81. The van der Waals surface area contributed by atoms with Crippen molar-refractivity contribution in [2.45, 2.75) is 32.6 Å². The number of hydrogen-bond donors (Lipinski definition) is 0. The summed E-state index contributed by atoms with van der Waals surface area (Å²) in [5, 5.41) is 0. The van der Waals surface area contributed by atoms with E-state index in [0.717, 1.165) is 31.5 Å². The Morgan fingerprint density at radius 2 is 1.82 bits per heavy atom. The highest BCUT2D eigenvalue weighted by atomic mass is 16.5. The van der Waals surface area contributed by atoms with Gasteiger partial charge < -0.3 is 4.74 Å². The van der Waals surface area contributed by atoms with E-state index < -0.39 is 0 Å². The van der Waals surface area contributed by atoms with Gasteiger partial charge in [0.1, 0.15) is 6.29 Å². The molecule has 0 aromatic heterocycles. The maximum Gasteiger partial charge on any atom is 0.150 e. The van der Waals surface area contributed by atoms with E-state index in [-0.39, 0.29) is 0 Å². The molecule has 2 atom stereocenters. The van der Waals surface area contributed by atoms with E-state index in [1.54, 1.807) is 0 Å². The largest absolute Gasteiger partial charge is 0.373 e. The van der Waals surface area contributed by atoms with Gasteiger partial charge in [-0.2, -0.15) is 0 Å². The number of carbonyl (C=O) groups excluding carboxylic acids is 1. The van der Waals surface area contributed by atoms with Crippen LogP contribution in [-0.2, 0) is 11.3 Å². The van der Waals surface area contributed by atoms with E-state index >= 15 is 0 Å². The fourth-order valence-corrected chi connectivity index (χ4v) is 2.37. The molecule has 0 saturated carbocycles. The standard InChI is InChI=1S/C14H19NO2/c1-11-7-15(8-12(2)17-11)9-13-3-5-14(10-16)6-4-13/h3-6,10-12H,7-9H2,1-2H3. The molecule has 3 heteroatoms. The molecule has 2 unspecified atom stereocenters. The summed E-state index contributed by atoms with van der Waals surface area (Å²) < 4.78 is 5.70. The molecule has 1 aromatic rings. The van der Waals surface area contributed by atoms with E-state index in [1.165, 1.54) is 5.56 Å². The Morgan fingerprint density at radius 1 is 1.24 bits per heavy atom. The van der Waals surface area contributed by atoms with Crippen LogP contribution >= 0.6 is 0 Å². The molecule has 92 valence electrons. The highest BCUT2D eigenvalue weighted by Crippen LogP contribution is 2.14. The van der Waals surface area contributed by atoms with Gasteiger partial charge in [0.2, 0.25) is 0 Å². The average molecular weight is 233 g/mol.